The molecule has 0 heterocycles. The second-order valence-corrected chi connectivity index (χ2v) is 8.57. The first-order chi connectivity index (χ1) is 8.16. The molecule has 1 aromatic carbocycles. The van der Waals surface area contributed by atoms with Crippen LogP contribution in [0.1, 0.15) is 12.5 Å². The van der Waals surface area contributed by atoms with Crippen LogP contribution < -0.4 is 0 Å². The van der Waals surface area contributed by atoms with Crippen molar-refractivity contribution < 1.29 is 8.42 Å². The van der Waals surface area contributed by atoms with Gasteiger partial charge in [0.05, 0.1) is 4.90 Å². The lowest BCUT2D eigenvalue weighted by Gasteiger charge is -2.19. The van der Waals surface area contributed by atoms with Crippen molar-refractivity contribution in [2.24, 2.45) is 0 Å². The Labute approximate surface area is 130 Å². The van der Waals surface area contributed by atoms with Gasteiger partial charge in [-0.3, -0.25) is 0 Å². The lowest BCUT2D eigenvalue weighted by atomic mass is 10.2. The van der Waals surface area contributed by atoms with Crippen LogP contribution in [0.5, 0.6) is 0 Å². The fourth-order valence-corrected chi connectivity index (χ4v) is 4.63. The van der Waals surface area contributed by atoms with E-state index in [1.165, 1.54) is 11.4 Å². The molecule has 0 saturated heterocycles. The summed E-state index contributed by atoms with van der Waals surface area (Å²) in [5, 5.41) is -0.238. The molecule has 0 spiro atoms. The summed E-state index contributed by atoms with van der Waals surface area (Å²) in [5.41, 5.74) is 0.967. The number of aryl methyl sites for hydroxylation is 1. The number of rotatable bonds is 4. The summed E-state index contributed by atoms with van der Waals surface area (Å²) in [6.07, 6.45) is 0. The third-order valence-corrected chi connectivity index (χ3v) is 6.18. The number of benzene rings is 1. The second kappa shape index (κ2) is 6.22. The first-order valence-electron chi connectivity index (χ1n) is 5.22. The van der Waals surface area contributed by atoms with Crippen molar-refractivity contribution in [2.75, 3.05) is 13.6 Å². The molecule has 0 aliphatic heterocycles. The Bertz CT molecular complexity index is 546. The lowest BCUT2D eigenvalue weighted by molar-refractivity contribution is 0.470. The molecule has 1 rings (SSSR count). The van der Waals surface area contributed by atoms with E-state index in [1.807, 2.05) is 6.92 Å². The first kappa shape index (κ1) is 16.4. The summed E-state index contributed by atoms with van der Waals surface area (Å²) < 4.78 is 27.3. The lowest BCUT2D eigenvalue weighted by Crippen LogP contribution is -2.31. The third kappa shape index (κ3) is 3.70. The Morgan fingerprint density at radius 2 is 1.89 bits per heavy atom. The molecule has 0 radical (unpaired) electrons. The second-order valence-electron chi connectivity index (χ2n) is 4.10. The summed E-state index contributed by atoms with van der Waals surface area (Å²) in [6, 6.07) is 3.37. The monoisotopic (exact) mass is 417 g/mol. The Hall–Kier alpha value is 0.380. The maximum atomic E-state index is 12.4. The fraction of sp³-hybridized carbons (Fsp3) is 0.455. The van der Waals surface area contributed by atoms with Crippen molar-refractivity contribution in [3.8, 4) is 0 Å². The van der Waals surface area contributed by atoms with E-state index in [9.17, 15) is 8.42 Å². The largest absolute Gasteiger partial charge is 0.244 e. The molecule has 1 unspecified atom stereocenters. The Balaban J connectivity index is 3.24. The smallest absolute Gasteiger partial charge is 0.207 e. The number of alkyl halides is 1. The molecular formula is C11H14Br2ClNO2S. The van der Waals surface area contributed by atoms with Crippen LogP contribution >= 0.6 is 43.5 Å². The minimum atomic E-state index is -3.53. The van der Waals surface area contributed by atoms with Crippen LogP contribution in [0.2, 0.25) is 0 Å². The van der Waals surface area contributed by atoms with Crippen LogP contribution in [0, 0.1) is 6.92 Å². The Morgan fingerprint density at radius 1 is 1.33 bits per heavy atom. The molecule has 102 valence electrons. The summed E-state index contributed by atoms with van der Waals surface area (Å²) in [5.74, 6) is 0. The molecule has 18 heavy (non-hydrogen) atoms. The summed E-state index contributed by atoms with van der Waals surface area (Å²) in [6.45, 7) is 3.92. The van der Waals surface area contributed by atoms with Crippen molar-refractivity contribution in [3.05, 3.63) is 26.6 Å². The van der Waals surface area contributed by atoms with Crippen molar-refractivity contribution >= 4 is 53.5 Å². The zero-order valence-corrected chi connectivity index (χ0v) is 15.0. The summed E-state index contributed by atoms with van der Waals surface area (Å²) >= 11 is 12.5. The van der Waals surface area contributed by atoms with Gasteiger partial charge in [0.2, 0.25) is 10.0 Å². The molecule has 0 N–H and O–H groups in total. The molecule has 1 aromatic rings. The van der Waals surface area contributed by atoms with Crippen molar-refractivity contribution in [1.29, 1.82) is 0 Å². The molecule has 7 heteroatoms. The highest BCUT2D eigenvalue weighted by Crippen LogP contribution is 2.30. The SMILES string of the molecule is Cc1cc(Br)c(S(=O)(=O)N(C)CC(C)Cl)cc1Br. The average Bonchev–Trinajstić information content (AvgIpc) is 2.22. The van der Waals surface area contributed by atoms with E-state index < -0.39 is 10.0 Å². The van der Waals surface area contributed by atoms with E-state index in [4.69, 9.17) is 11.6 Å². The standard InChI is InChI=1S/C11H14Br2ClNO2S/c1-7-4-10(13)11(5-9(7)12)18(16,17)15(3)6-8(2)14/h4-5,8H,6H2,1-3H3. The maximum absolute atomic E-state index is 12.4. The first-order valence-corrected chi connectivity index (χ1v) is 8.68. The predicted octanol–water partition coefficient (Wildman–Crippen LogP) is 3.77. The van der Waals surface area contributed by atoms with E-state index >= 15 is 0 Å². The quantitative estimate of drug-likeness (QED) is 0.697. The molecule has 0 saturated carbocycles. The molecule has 0 bridgehead atoms. The van der Waals surface area contributed by atoms with Gasteiger partial charge in [-0.15, -0.1) is 11.6 Å². The van der Waals surface area contributed by atoms with Crippen LogP contribution in [0.3, 0.4) is 0 Å². The normalized spacial score (nSPS) is 13.9. The predicted molar refractivity (Wildman–Crippen MR) is 81.7 cm³/mol. The third-order valence-electron chi connectivity index (χ3n) is 2.41. The van der Waals surface area contributed by atoms with Crippen molar-refractivity contribution in [1.82, 2.24) is 4.31 Å². The number of halogens is 3. The van der Waals surface area contributed by atoms with Gasteiger partial charge < -0.3 is 0 Å². The molecule has 0 aromatic heterocycles. The molecule has 0 aliphatic rings. The van der Waals surface area contributed by atoms with E-state index in [1.54, 1.807) is 19.1 Å². The van der Waals surface area contributed by atoms with Gasteiger partial charge in [0.1, 0.15) is 0 Å². The van der Waals surface area contributed by atoms with Crippen LogP contribution in [0.4, 0.5) is 0 Å². The van der Waals surface area contributed by atoms with Gasteiger partial charge in [0.15, 0.2) is 0 Å². The van der Waals surface area contributed by atoms with E-state index in [2.05, 4.69) is 31.9 Å². The van der Waals surface area contributed by atoms with E-state index in [0.29, 0.717) is 4.47 Å². The Kier molecular flexibility index (Phi) is 5.68. The number of sulfonamides is 1. The highest BCUT2D eigenvalue weighted by Gasteiger charge is 2.25. The van der Waals surface area contributed by atoms with Gasteiger partial charge in [-0.2, -0.15) is 4.31 Å². The zero-order valence-electron chi connectivity index (χ0n) is 10.2. The molecule has 0 amide bonds. The van der Waals surface area contributed by atoms with E-state index in [0.717, 1.165) is 10.0 Å². The van der Waals surface area contributed by atoms with Crippen molar-refractivity contribution in [2.45, 2.75) is 24.1 Å². The van der Waals surface area contributed by atoms with Crippen LogP contribution in [-0.2, 0) is 10.0 Å². The zero-order chi connectivity index (χ0) is 14.1. The number of nitrogens with zero attached hydrogens (tertiary/aromatic N) is 1. The van der Waals surface area contributed by atoms with Crippen LogP contribution in [0.25, 0.3) is 0 Å². The fourth-order valence-electron chi connectivity index (χ4n) is 1.45. The average molecular weight is 420 g/mol. The van der Waals surface area contributed by atoms with Gasteiger partial charge in [-0.05, 0) is 47.5 Å². The molecule has 3 nitrogen and oxygen atoms in total. The van der Waals surface area contributed by atoms with Gasteiger partial charge in [-0.1, -0.05) is 15.9 Å². The topological polar surface area (TPSA) is 37.4 Å². The molecule has 1 atom stereocenters. The van der Waals surface area contributed by atoms with Gasteiger partial charge >= 0.3 is 0 Å². The Morgan fingerprint density at radius 3 is 2.39 bits per heavy atom. The van der Waals surface area contributed by atoms with Gasteiger partial charge in [0.25, 0.3) is 0 Å². The van der Waals surface area contributed by atoms with Crippen LogP contribution in [0.15, 0.2) is 26.0 Å². The summed E-state index contributed by atoms with van der Waals surface area (Å²) in [7, 11) is -2.01. The van der Waals surface area contributed by atoms with Crippen molar-refractivity contribution in [3.63, 3.8) is 0 Å². The maximum Gasteiger partial charge on any atom is 0.244 e. The van der Waals surface area contributed by atoms with Gasteiger partial charge in [0, 0.05) is 27.9 Å². The summed E-state index contributed by atoms with van der Waals surface area (Å²) in [4.78, 5) is 0.236. The number of hydrogen-bond donors (Lipinski definition) is 0. The number of hydrogen-bond acceptors (Lipinski definition) is 2. The molecule has 0 fully saturated rings. The minimum Gasteiger partial charge on any atom is -0.207 e. The van der Waals surface area contributed by atoms with E-state index in [-0.39, 0.29) is 16.8 Å². The molecule has 0 aliphatic carbocycles. The molecular weight excluding hydrogens is 405 g/mol. The highest BCUT2D eigenvalue weighted by atomic mass is 79.9. The van der Waals surface area contributed by atoms with Gasteiger partial charge in [-0.25, -0.2) is 8.42 Å². The minimum absolute atomic E-state index is 0.236. The highest BCUT2D eigenvalue weighted by molar-refractivity contribution is 9.11. The van der Waals surface area contributed by atoms with Crippen LogP contribution in [-0.4, -0.2) is 31.7 Å².